The zero-order chi connectivity index (χ0) is 34.1. The Balaban J connectivity index is 1.27. The fourth-order valence-corrected chi connectivity index (χ4v) is 5.12. The smallest absolute Gasteiger partial charge is 0.333 e. The predicted molar refractivity (Wildman–Crippen MR) is 170 cm³/mol. The van der Waals surface area contributed by atoms with Crippen LogP contribution in [-0.2, 0) is 6.42 Å². The number of pyridine rings is 3. The molecule has 0 saturated carbocycles. The molecular weight excluding hydrogens is 630 g/mol. The molecule has 0 radical (unpaired) electrons. The van der Waals surface area contributed by atoms with Gasteiger partial charge in [0.25, 0.3) is 0 Å². The largest absolute Gasteiger partial charge is 0.481 e. The Morgan fingerprint density at radius 1 is 0.917 bits per heavy atom. The van der Waals surface area contributed by atoms with Crippen molar-refractivity contribution in [3.63, 3.8) is 0 Å². The number of aromatic nitrogens is 5. The number of hydrogen-bond acceptors (Lipinski definition) is 7. The normalized spacial score (nSPS) is 11.4. The van der Waals surface area contributed by atoms with Crippen molar-refractivity contribution >= 4 is 16.8 Å². The van der Waals surface area contributed by atoms with Crippen LogP contribution in [0.15, 0.2) is 90.4 Å². The number of nitrogens with zero attached hydrogens (tertiary/aromatic N) is 5. The Morgan fingerprint density at radius 3 is 2.35 bits per heavy atom. The van der Waals surface area contributed by atoms with Crippen molar-refractivity contribution in [2.75, 3.05) is 7.11 Å². The van der Waals surface area contributed by atoms with Gasteiger partial charge in [-0.25, -0.2) is 18.4 Å². The number of methoxy groups -OCH3 is 1. The van der Waals surface area contributed by atoms with E-state index in [1.807, 2.05) is 13.8 Å². The van der Waals surface area contributed by atoms with Crippen molar-refractivity contribution in [1.82, 2.24) is 24.3 Å². The molecule has 13 heteroatoms. The summed E-state index contributed by atoms with van der Waals surface area (Å²) in [5.41, 5.74) is 1.67. The first kappa shape index (κ1) is 32.1. The van der Waals surface area contributed by atoms with E-state index in [2.05, 4.69) is 15.1 Å². The first-order chi connectivity index (χ1) is 23.0. The lowest BCUT2D eigenvalue weighted by Gasteiger charge is -2.15. The third kappa shape index (κ3) is 6.39. The molecule has 48 heavy (non-hydrogen) atoms. The molecule has 0 aliphatic carbocycles. The molecular formula is C35H27F4N5O4. The highest BCUT2D eigenvalue weighted by Gasteiger charge is 2.20. The number of Topliss-reactive ketones (excluding diaryl/α,β-unsaturated/α-hetero) is 1. The highest BCUT2D eigenvalue weighted by Crippen LogP contribution is 2.36. The molecule has 0 aliphatic rings. The molecule has 2 aromatic carbocycles. The number of ketones is 1. The van der Waals surface area contributed by atoms with Gasteiger partial charge in [0.05, 0.1) is 24.4 Å². The Hall–Kier alpha value is -5.85. The second-order valence-corrected chi connectivity index (χ2v) is 11.1. The van der Waals surface area contributed by atoms with E-state index in [9.17, 15) is 22.8 Å². The monoisotopic (exact) mass is 657 g/mol. The average Bonchev–Trinajstić information content (AvgIpc) is 3.57. The number of hydrogen-bond donors (Lipinski definition) is 0. The highest BCUT2D eigenvalue weighted by molar-refractivity contribution is 5.98. The number of halogens is 4. The molecule has 0 aliphatic heterocycles. The summed E-state index contributed by atoms with van der Waals surface area (Å²) in [6.45, 7) is 0.960. The summed E-state index contributed by atoms with van der Waals surface area (Å²) in [7, 11) is 1.36. The maximum atomic E-state index is 15.4. The SMILES string of the molecule is COc1nc2c(Oc3ccc(CC(=O)c4cn(C(C)C)cc(-c5ccc(F)cc5)c4=O)cc3F)ccnc2cc1-c1cnn(C(F)F)c1. The van der Waals surface area contributed by atoms with Crippen LogP contribution in [0.4, 0.5) is 17.6 Å². The van der Waals surface area contributed by atoms with Crippen LogP contribution >= 0.6 is 0 Å². The van der Waals surface area contributed by atoms with Gasteiger partial charge < -0.3 is 14.0 Å². The van der Waals surface area contributed by atoms with Gasteiger partial charge in [0.15, 0.2) is 28.5 Å². The van der Waals surface area contributed by atoms with E-state index in [0.29, 0.717) is 32.5 Å². The standard InChI is InChI=1S/C35H27F4N5O4/c1-19(2)43-17-25(21-5-7-23(36)8-6-21)33(46)26(18-43)29(45)13-20-4-9-30(27(37)12-20)48-31-10-11-40-28-14-24(34(47-3)42-32(28)31)22-15-41-44(16-22)35(38)39/h4-12,14-19,35H,13H2,1-3H3. The van der Waals surface area contributed by atoms with Gasteiger partial charge in [-0.3, -0.25) is 14.6 Å². The Morgan fingerprint density at radius 2 is 1.69 bits per heavy atom. The van der Waals surface area contributed by atoms with E-state index in [1.165, 1.54) is 68.2 Å². The molecule has 4 heterocycles. The maximum Gasteiger partial charge on any atom is 0.333 e. The average molecular weight is 658 g/mol. The third-order valence-corrected chi connectivity index (χ3v) is 7.62. The van der Waals surface area contributed by atoms with Crippen LogP contribution < -0.4 is 14.9 Å². The second kappa shape index (κ2) is 13.1. The van der Waals surface area contributed by atoms with E-state index in [4.69, 9.17) is 9.47 Å². The van der Waals surface area contributed by atoms with Crippen LogP contribution in [0.5, 0.6) is 17.4 Å². The fourth-order valence-electron chi connectivity index (χ4n) is 5.12. The number of ether oxygens (including phenoxy) is 2. The third-order valence-electron chi connectivity index (χ3n) is 7.62. The molecule has 4 aromatic heterocycles. The van der Waals surface area contributed by atoms with Gasteiger partial charge in [0.2, 0.25) is 5.88 Å². The fraction of sp³-hybridized carbons (Fsp3) is 0.171. The van der Waals surface area contributed by atoms with Gasteiger partial charge in [-0.15, -0.1) is 0 Å². The number of benzene rings is 2. The van der Waals surface area contributed by atoms with Crippen LogP contribution in [-0.4, -0.2) is 37.2 Å². The molecule has 6 rings (SSSR count). The van der Waals surface area contributed by atoms with Crippen molar-refractivity contribution < 1.29 is 31.8 Å². The highest BCUT2D eigenvalue weighted by atomic mass is 19.3. The summed E-state index contributed by atoms with van der Waals surface area (Å²) in [5.74, 6) is -1.68. The summed E-state index contributed by atoms with van der Waals surface area (Å²) >= 11 is 0. The summed E-state index contributed by atoms with van der Waals surface area (Å²) in [6.07, 6.45) is 6.66. The van der Waals surface area contributed by atoms with Crippen molar-refractivity contribution in [2.24, 2.45) is 0 Å². The molecule has 6 aromatic rings. The number of fused-ring (bicyclic) bond motifs is 1. The molecule has 0 amide bonds. The lowest BCUT2D eigenvalue weighted by Crippen LogP contribution is -2.22. The summed E-state index contributed by atoms with van der Waals surface area (Å²) < 4.78 is 68.6. The van der Waals surface area contributed by atoms with Crippen molar-refractivity contribution in [3.05, 3.63) is 119 Å². The minimum absolute atomic E-state index is 0.0736. The van der Waals surface area contributed by atoms with Gasteiger partial charge in [-0.2, -0.15) is 13.9 Å². The van der Waals surface area contributed by atoms with Crippen LogP contribution in [0.2, 0.25) is 0 Å². The summed E-state index contributed by atoms with van der Waals surface area (Å²) in [5, 5.41) is 3.65. The number of rotatable bonds is 10. The quantitative estimate of drug-likeness (QED) is 0.109. The van der Waals surface area contributed by atoms with Crippen molar-refractivity contribution in [2.45, 2.75) is 32.9 Å². The minimum Gasteiger partial charge on any atom is -0.481 e. The topological polar surface area (TPSA) is 101 Å². The zero-order valence-electron chi connectivity index (χ0n) is 25.8. The molecule has 0 atom stereocenters. The number of alkyl halides is 2. The molecule has 0 fully saturated rings. The van der Waals surface area contributed by atoms with E-state index in [-0.39, 0.29) is 46.5 Å². The zero-order valence-corrected chi connectivity index (χ0v) is 25.8. The van der Waals surface area contributed by atoms with Gasteiger partial charge in [-0.05, 0) is 55.3 Å². The Kier molecular flexibility index (Phi) is 8.76. The van der Waals surface area contributed by atoms with E-state index in [1.54, 1.807) is 16.8 Å². The molecule has 0 spiro atoms. The van der Waals surface area contributed by atoms with Crippen LogP contribution in [0.1, 0.15) is 42.4 Å². The molecule has 0 bridgehead atoms. The van der Waals surface area contributed by atoms with E-state index >= 15 is 4.39 Å². The molecule has 9 nitrogen and oxygen atoms in total. The van der Waals surface area contributed by atoms with Crippen LogP contribution in [0, 0.1) is 11.6 Å². The first-order valence-electron chi connectivity index (χ1n) is 14.7. The van der Waals surface area contributed by atoms with Gasteiger partial charge in [-0.1, -0.05) is 18.2 Å². The summed E-state index contributed by atoms with van der Waals surface area (Å²) in [6, 6.07) is 12.4. The minimum atomic E-state index is -2.82. The van der Waals surface area contributed by atoms with Gasteiger partial charge in [0, 0.05) is 60.0 Å². The van der Waals surface area contributed by atoms with Crippen molar-refractivity contribution in [3.8, 4) is 39.6 Å². The Labute approximate surface area is 271 Å². The lowest BCUT2D eigenvalue weighted by atomic mass is 9.99. The second-order valence-electron chi connectivity index (χ2n) is 11.1. The number of carbonyl (C=O) groups is 1. The Bertz CT molecular complexity index is 2210. The summed E-state index contributed by atoms with van der Waals surface area (Å²) in [4.78, 5) is 35.5. The molecule has 0 unspecified atom stereocenters. The van der Waals surface area contributed by atoms with Crippen molar-refractivity contribution in [1.29, 1.82) is 0 Å². The van der Waals surface area contributed by atoms with E-state index < -0.39 is 29.4 Å². The van der Waals surface area contributed by atoms with Crippen LogP contribution in [0.25, 0.3) is 33.3 Å². The molecule has 0 saturated heterocycles. The van der Waals surface area contributed by atoms with E-state index in [0.717, 1.165) is 12.3 Å². The maximum absolute atomic E-state index is 15.4. The molecule has 244 valence electrons. The first-order valence-corrected chi connectivity index (χ1v) is 14.7. The van der Waals surface area contributed by atoms with Crippen LogP contribution in [0.3, 0.4) is 0 Å². The molecule has 0 N–H and O–H groups in total. The number of carbonyl (C=O) groups excluding carboxylic acids is 1. The van der Waals surface area contributed by atoms with Gasteiger partial charge >= 0.3 is 6.55 Å². The predicted octanol–water partition coefficient (Wildman–Crippen LogP) is 7.80. The lowest BCUT2D eigenvalue weighted by molar-refractivity contribution is 0.0566. The van der Waals surface area contributed by atoms with Gasteiger partial charge in [0.1, 0.15) is 11.3 Å².